The summed E-state index contributed by atoms with van der Waals surface area (Å²) in [7, 11) is 0. The van der Waals surface area contributed by atoms with Gasteiger partial charge in [0.1, 0.15) is 0 Å². The largest absolute Gasteiger partial charge is 0.487 e. The summed E-state index contributed by atoms with van der Waals surface area (Å²) in [5.41, 5.74) is -0.0354. The highest BCUT2D eigenvalue weighted by Crippen LogP contribution is 2.37. The highest BCUT2D eigenvalue weighted by Gasteiger charge is 2.16. The van der Waals surface area contributed by atoms with Crippen LogP contribution < -0.4 is 10.1 Å². The zero-order valence-corrected chi connectivity index (χ0v) is 13.2. The van der Waals surface area contributed by atoms with Crippen LogP contribution in [0.5, 0.6) is 5.75 Å². The van der Waals surface area contributed by atoms with Gasteiger partial charge in [-0.15, -0.1) is 10.2 Å². The second-order valence-electron chi connectivity index (χ2n) is 3.83. The summed E-state index contributed by atoms with van der Waals surface area (Å²) in [6.45, 7) is 4.93. The van der Waals surface area contributed by atoms with Gasteiger partial charge in [0.15, 0.2) is 10.1 Å². The zero-order valence-electron chi connectivity index (χ0n) is 11.5. The van der Waals surface area contributed by atoms with Crippen LogP contribution in [0.1, 0.15) is 13.8 Å². The lowest BCUT2D eigenvalue weighted by Gasteiger charge is -2.05. The molecule has 0 atom stereocenters. The molecule has 2 aromatic rings. The molecule has 21 heavy (non-hydrogen) atoms. The van der Waals surface area contributed by atoms with Gasteiger partial charge < -0.3 is 10.1 Å². The van der Waals surface area contributed by atoms with Gasteiger partial charge in [-0.3, -0.25) is 10.1 Å². The summed E-state index contributed by atoms with van der Waals surface area (Å²) >= 11 is 2.83. The number of anilines is 1. The van der Waals surface area contributed by atoms with Gasteiger partial charge in [0.05, 0.1) is 11.5 Å². The number of aromatic nitrogens is 2. The van der Waals surface area contributed by atoms with E-state index >= 15 is 0 Å². The fraction of sp³-hybridized carbons (Fsp3) is 0.333. The molecule has 0 amide bonds. The van der Waals surface area contributed by atoms with Gasteiger partial charge in [0, 0.05) is 23.6 Å². The number of ether oxygens (including phenoxy) is 1. The van der Waals surface area contributed by atoms with E-state index in [1.165, 1.54) is 29.2 Å². The Bertz CT molecular complexity index is 633. The molecule has 0 aliphatic rings. The van der Waals surface area contributed by atoms with E-state index in [1.807, 2.05) is 6.92 Å². The van der Waals surface area contributed by atoms with Gasteiger partial charge in [0.2, 0.25) is 5.13 Å². The van der Waals surface area contributed by atoms with Crippen LogP contribution in [0, 0.1) is 10.1 Å². The fourth-order valence-electron chi connectivity index (χ4n) is 1.55. The highest BCUT2D eigenvalue weighted by atomic mass is 32.2. The van der Waals surface area contributed by atoms with Crippen LogP contribution in [0.25, 0.3) is 0 Å². The van der Waals surface area contributed by atoms with Crippen LogP contribution in [0.15, 0.2) is 27.4 Å². The number of hydrogen-bond acceptors (Lipinski definition) is 8. The van der Waals surface area contributed by atoms with Crippen molar-refractivity contribution in [3.8, 4) is 5.75 Å². The summed E-state index contributed by atoms with van der Waals surface area (Å²) in [5.74, 6) is 0.268. The first kappa shape index (κ1) is 15.5. The van der Waals surface area contributed by atoms with Crippen LogP contribution in [0.2, 0.25) is 0 Å². The van der Waals surface area contributed by atoms with Crippen molar-refractivity contribution in [2.24, 2.45) is 0 Å². The van der Waals surface area contributed by atoms with Gasteiger partial charge in [-0.25, -0.2) is 0 Å². The van der Waals surface area contributed by atoms with E-state index in [1.54, 1.807) is 19.1 Å². The standard InChI is InChI=1S/C12H14N4O3S2/c1-3-13-11-14-15-12(21-11)20-8-5-6-9(16(17)18)10(7-8)19-4-2/h5-7H,3-4H2,1-2H3,(H,13,14). The van der Waals surface area contributed by atoms with Gasteiger partial charge in [-0.05, 0) is 19.9 Å². The van der Waals surface area contributed by atoms with Crippen molar-refractivity contribution in [3.63, 3.8) is 0 Å². The van der Waals surface area contributed by atoms with Crippen molar-refractivity contribution >= 4 is 33.9 Å². The average molecular weight is 326 g/mol. The maximum Gasteiger partial charge on any atom is 0.310 e. The first-order valence-electron chi connectivity index (χ1n) is 6.30. The molecule has 0 bridgehead atoms. The van der Waals surface area contributed by atoms with E-state index in [2.05, 4.69) is 15.5 Å². The molecular weight excluding hydrogens is 312 g/mol. The van der Waals surface area contributed by atoms with E-state index in [0.717, 1.165) is 20.9 Å². The Labute approximate surface area is 129 Å². The first-order chi connectivity index (χ1) is 10.1. The Morgan fingerprint density at radius 2 is 2.24 bits per heavy atom. The average Bonchev–Trinajstić information content (AvgIpc) is 2.87. The molecule has 1 N–H and O–H groups in total. The monoisotopic (exact) mass is 326 g/mol. The van der Waals surface area contributed by atoms with Crippen LogP contribution >= 0.6 is 23.1 Å². The molecule has 0 spiro atoms. The molecule has 1 aromatic heterocycles. The fourth-order valence-corrected chi connectivity index (χ4v) is 3.38. The molecule has 0 fully saturated rings. The first-order valence-corrected chi connectivity index (χ1v) is 7.93. The molecule has 0 aliphatic heterocycles. The van der Waals surface area contributed by atoms with Gasteiger partial charge in [-0.1, -0.05) is 23.1 Å². The normalized spacial score (nSPS) is 10.4. The number of benzene rings is 1. The molecule has 0 saturated carbocycles. The summed E-state index contributed by atoms with van der Waals surface area (Å²) in [5, 5.41) is 22.8. The summed E-state index contributed by atoms with van der Waals surface area (Å²) in [4.78, 5) is 11.3. The number of nitro benzene ring substituents is 1. The third-order valence-corrected chi connectivity index (χ3v) is 4.29. The van der Waals surface area contributed by atoms with Crippen molar-refractivity contribution in [1.29, 1.82) is 0 Å². The van der Waals surface area contributed by atoms with Crippen molar-refractivity contribution < 1.29 is 9.66 Å². The molecule has 1 heterocycles. The molecule has 0 saturated heterocycles. The quantitative estimate of drug-likeness (QED) is 0.615. The Morgan fingerprint density at radius 3 is 2.90 bits per heavy atom. The minimum atomic E-state index is -0.451. The molecule has 7 nitrogen and oxygen atoms in total. The molecule has 0 aliphatic carbocycles. The molecule has 0 unspecified atom stereocenters. The topological polar surface area (TPSA) is 90.2 Å². The Kier molecular flexibility index (Phi) is 5.34. The minimum Gasteiger partial charge on any atom is -0.487 e. The lowest BCUT2D eigenvalue weighted by atomic mass is 10.3. The second-order valence-corrected chi connectivity index (χ2v) is 6.12. The molecular formula is C12H14N4O3S2. The Morgan fingerprint density at radius 1 is 1.43 bits per heavy atom. The van der Waals surface area contributed by atoms with Crippen molar-refractivity contribution in [3.05, 3.63) is 28.3 Å². The smallest absolute Gasteiger partial charge is 0.310 e. The molecule has 1 aromatic carbocycles. The van der Waals surface area contributed by atoms with E-state index in [4.69, 9.17) is 4.74 Å². The van der Waals surface area contributed by atoms with Gasteiger partial charge in [0.25, 0.3) is 0 Å². The maximum atomic E-state index is 10.9. The zero-order chi connectivity index (χ0) is 15.2. The van der Waals surface area contributed by atoms with Gasteiger partial charge in [-0.2, -0.15) is 0 Å². The SMILES string of the molecule is CCNc1nnc(Sc2ccc([N+](=O)[O-])c(OCC)c2)s1. The van der Waals surface area contributed by atoms with Crippen molar-refractivity contribution in [1.82, 2.24) is 10.2 Å². The third-order valence-electron chi connectivity index (χ3n) is 2.37. The van der Waals surface area contributed by atoms with E-state index < -0.39 is 4.92 Å². The molecule has 112 valence electrons. The third kappa shape index (κ3) is 4.05. The van der Waals surface area contributed by atoms with Crippen molar-refractivity contribution in [2.75, 3.05) is 18.5 Å². The molecule has 0 radical (unpaired) electrons. The predicted octanol–water partition coefficient (Wildman–Crippen LogP) is 3.43. The van der Waals surface area contributed by atoms with E-state index in [-0.39, 0.29) is 11.4 Å². The van der Waals surface area contributed by atoms with Crippen molar-refractivity contribution in [2.45, 2.75) is 23.1 Å². The Balaban J connectivity index is 2.19. The second kappa shape index (κ2) is 7.23. The van der Waals surface area contributed by atoms with Crippen LogP contribution in [0.3, 0.4) is 0 Å². The maximum absolute atomic E-state index is 10.9. The number of nitrogens with one attached hydrogen (secondary N) is 1. The lowest BCUT2D eigenvalue weighted by molar-refractivity contribution is -0.385. The van der Waals surface area contributed by atoms with E-state index in [9.17, 15) is 10.1 Å². The molecule has 2 rings (SSSR count). The number of nitro groups is 1. The summed E-state index contributed by atoms with van der Waals surface area (Å²) < 4.78 is 6.09. The van der Waals surface area contributed by atoms with Crippen LogP contribution in [-0.4, -0.2) is 28.3 Å². The Hall–Kier alpha value is -1.87. The number of hydrogen-bond donors (Lipinski definition) is 1. The minimum absolute atomic E-state index is 0.0354. The van der Waals surface area contributed by atoms with Crippen LogP contribution in [0.4, 0.5) is 10.8 Å². The summed E-state index contributed by atoms with van der Waals surface area (Å²) in [6.07, 6.45) is 0. The van der Waals surface area contributed by atoms with Gasteiger partial charge >= 0.3 is 5.69 Å². The molecule has 9 heteroatoms. The lowest BCUT2D eigenvalue weighted by Crippen LogP contribution is -1.97. The predicted molar refractivity (Wildman–Crippen MR) is 82.5 cm³/mol. The number of rotatable bonds is 7. The van der Waals surface area contributed by atoms with Crippen LogP contribution in [-0.2, 0) is 0 Å². The summed E-state index contributed by atoms with van der Waals surface area (Å²) in [6, 6.07) is 4.78. The number of nitrogens with zero attached hydrogens (tertiary/aromatic N) is 3. The van der Waals surface area contributed by atoms with E-state index in [0.29, 0.717) is 6.61 Å². The highest BCUT2D eigenvalue weighted by molar-refractivity contribution is 8.01.